The Labute approximate surface area is 114 Å². The molecule has 1 aliphatic heterocycles. The molecule has 2 N–H and O–H groups in total. The summed E-state index contributed by atoms with van der Waals surface area (Å²) < 4.78 is 5.58. The molecule has 0 bridgehead atoms. The maximum absolute atomic E-state index is 5.58. The van der Waals surface area contributed by atoms with E-state index in [0.717, 1.165) is 43.5 Å². The van der Waals surface area contributed by atoms with Gasteiger partial charge in [-0.25, -0.2) is 9.97 Å². The molecule has 1 unspecified atom stereocenters. The Morgan fingerprint density at radius 1 is 1.32 bits per heavy atom. The Hall–Kier alpha value is -1.36. The second-order valence-corrected chi connectivity index (χ2v) is 5.86. The van der Waals surface area contributed by atoms with Gasteiger partial charge in [0.2, 0.25) is 0 Å². The molecule has 3 rings (SSSR count). The Morgan fingerprint density at radius 2 is 2.11 bits per heavy atom. The predicted octanol–water partition coefficient (Wildman–Crippen LogP) is 2.38. The number of rotatable bonds is 4. The van der Waals surface area contributed by atoms with Crippen LogP contribution in [0.1, 0.15) is 44.3 Å². The Kier molecular flexibility index (Phi) is 3.31. The molecular formula is C14H22N4O. The first kappa shape index (κ1) is 12.7. The third kappa shape index (κ3) is 2.97. The van der Waals surface area contributed by atoms with Gasteiger partial charge >= 0.3 is 0 Å². The number of hydrogen-bond donors (Lipinski definition) is 2. The van der Waals surface area contributed by atoms with Crippen LogP contribution < -0.4 is 10.6 Å². The van der Waals surface area contributed by atoms with Crippen molar-refractivity contribution in [3.8, 4) is 0 Å². The van der Waals surface area contributed by atoms with Gasteiger partial charge in [-0.2, -0.15) is 0 Å². The minimum atomic E-state index is -0.0154. The van der Waals surface area contributed by atoms with E-state index < -0.39 is 0 Å². The van der Waals surface area contributed by atoms with Gasteiger partial charge in [0.15, 0.2) is 0 Å². The summed E-state index contributed by atoms with van der Waals surface area (Å²) >= 11 is 0. The maximum atomic E-state index is 5.58. The fourth-order valence-corrected chi connectivity index (χ4v) is 2.52. The molecule has 2 aliphatic rings. The van der Waals surface area contributed by atoms with Crippen LogP contribution in [-0.4, -0.2) is 35.8 Å². The summed E-state index contributed by atoms with van der Waals surface area (Å²) in [4.78, 5) is 9.20. The van der Waals surface area contributed by atoms with E-state index in [1.54, 1.807) is 0 Å². The van der Waals surface area contributed by atoms with E-state index in [1.165, 1.54) is 12.8 Å². The lowest BCUT2D eigenvalue weighted by Gasteiger charge is -2.34. The monoisotopic (exact) mass is 262 g/mol. The summed E-state index contributed by atoms with van der Waals surface area (Å²) in [5.74, 6) is 3.33. The highest BCUT2D eigenvalue weighted by molar-refractivity contribution is 5.49. The standard InChI is InChI=1S/C14H22N4O/c1-14(6-3-7-19-9-14)18-12-8-11(15-2)16-13(17-12)10-4-5-10/h8,10H,3-7,9H2,1-2H3,(H2,15,16,17,18). The molecule has 2 heterocycles. The quantitative estimate of drug-likeness (QED) is 0.872. The van der Waals surface area contributed by atoms with E-state index in [4.69, 9.17) is 4.74 Å². The van der Waals surface area contributed by atoms with Crippen LogP contribution in [0.3, 0.4) is 0 Å². The zero-order chi connectivity index (χ0) is 13.3. The predicted molar refractivity (Wildman–Crippen MR) is 75.6 cm³/mol. The normalized spacial score (nSPS) is 27.1. The molecule has 2 fully saturated rings. The molecule has 5 nitrogen and oxygen atoms in total. The van der Waals surface area contributed by atoms with Crippen LogP contribution in [0, 0.1) is 0 Å². The molecule has 1 saturated carbocycles. The van der Waals surface area contributed by atoms with Gasteiger partial charge in [-0.1, -0.05) is 0 Å². The van der Waals surface area contributed by atoms with Crippen LogP contribution in [0.5, 0.6) is 0 Å². The van der Waals surface area contributed by atoms with Crippen molar-refractivity contribution in [1.29, 1.82) is 0 Å². The van der Waals surface area contributed by atoms with Gasteiger partial charge in [0.1, 0.15) is 17.5 Å². The number of nitrogens with zero attached hydrogens (tertiary/aromatic N) is 2. The van der Waals surface area contributed by atoms with E-state index in [0.29, 0.717) is 5.92 Å². The van der Waals surface area contributed by atoms with E-state index in [9.17, 15) is 0 Å². The van der Waals surface area contributed by atoms with Gasteiger partial charge < -0.3 is 15.4 Å². The van der Waals surface area contributed by atoms with Gasteiger partial charge in [0.25, 0.3) is 0 Å². The number of aromatic nitrogens is 2. The Morgan fingerprint density at radius 3 is 2.74 bits per heavy atom. The van der Waals surface area contributed by atoms with Crippen molar-refractivity contribution < 1.29 is 4.74 Å². The molecule has 19 heavy (non-hydrogen) atoms. The van der Waals surface area contributed by atoms with Gasteiger partial charge in [-0.15, -0.1) is 0 Å². The summed E-state index contributed by atoms with van der Waals surface area (Å²) in [5, 5.41) is 6.66. The molecule has 1 aromatic heterocycles. The molecule has 0 aromatic carbocycles. The van der Waals surface area contributed by atoms with Crippen molar-refractivity contribution >= 4 is 11.6 Å². The van der Waals surface area contributed by atoms with E-state index >= 15 is 0 Å². The number of anilines is 2. The minimum Gasteiger partial charge on any atom is -0.379 e. The highest BCUT2D eigenvalue weighted by atomic mass is 16.5. The molecule has 1 atom stereocenters. The van der Waals surface area contributed by atoms with Crippen molar-refractivity contribution in [1.82, 2.24) is 9.97 Å². The highest BCUT2D eigenvalue weighted by Crippen LogP contribution is 2.39. The smallest absolute Gasteiger partial charge is 0.136 e. The van der Waals surface area contributed by atoms with Crippen molar-refractivity contribution in [3.63, 3.8) is 0 Å². The molecule has 5 heteroatoms. The first-order chi connectivity index (χ1) is 9.18. The van der Waals surface area contributed by atoms with Gasteiger partial charge in [-0.05, 0) is 32.6 Å². The van der Waals surface area contributed by atoms with Crippen LogP contribution in [0.4, 0.5) is 11.6 Å². The molecular weight excluding hydrogens is 240 g/mol. The third-order valence-electron chi connectivity index (χ3n) is 3.81. The zero-order valence-corrected chi connectivity index (χ0v) is 11.7. The average molecular weight is 262 g/mol. The largest absolute Gasteiger partial charge is 0.379 e. The lowest BCUT2D eigenvalue weighted by Crippen LogP contribution is -2.43. The van der Waals surface area contributed by atoms with E-state index in [1.807, 2.05) is 13.1 Å². The second-order valence-electron chi connectivity index (χ2n) is 5.86. The molecule has 0 amide bonds. The Bertz CT molecular complexity index is 453. The average Bonchev–Trinajstić information content (AvgIpc) is 3.23. The van der Waals surface area contributed by atoms with Crippen LogP contribution in [-0.2, 0) is 4.74 Å². The van der Waals surface area contributed by atoms with Crippen molar-refractivity contribution in [3.05, 3.63) is 11.9 Å². The van der Waals surface area contributed by atoms with E-state index in [2.05, 4.69) is 27.5 Å². The van der Waals surface area contributed by atoms with Crippen molar-refractivity contribution in [2.24, 2.45) is 0 Å². The van der Waals surface area contributed by atoms with Crippen molar-refractivity contribution in [2.75, 3.05) is 30.9 Å². The maximum Gasteiger partial charge on any atom is 0.136 e. The topological polar surface area (TPSA) is 59.1 Å². The minimum absolute atomic E-state index is 0.0154. The van der Waals surface area contributed by atoms with Gasteiger partial charge in [0, 0.05) is 25.6 Å². The molecule has 104 valence electrons. The molecule has 1 aliphatic carbocycles. The number of ether oxygens (including phenoxy) is 1. The zero-order valence-electron chi connectivity index (χ0n) is 11.7. The van der Waals surface area contributed by atoms with Crippen LogP contribution >= 0.6 is 0 Å². The Balaban J connectivity index is 1.80. The van der Waals surface area contributed by atoms with E-state index in [-0.39, 0.29) is 5.54 Å². The molecule has 0 spiro atoms. The highest BCUT2D eigenvalue weighted by Gasteiger charge is 2.30. The van der Waals surface area contributed by atoms with Gasteiger partial charge in [0.05, 0.1) is 12.1 Å². The summed E-state index contributed by atoms with van der Waals surface area (Å²) in [5.41, 5.74) is -0.0154. The van der Waals surface area contributed by atoms with Crippen LogP contribution in [0.2, 0.25) is 0 Å². The second kappa shape index (κ2) is 4.96. The van der Waals surface area contributed by atoms with Crippen molar-refractivity contribution in [2.45, 2.75) is 44.1 Å². The summed E-state index contributed by atoms with van der Waals surface area (Å²) in [6, 6.07) is 1.98. The van der Waals surface area contributed by atoms with Crippen LogP contribution in [0.15, 0.2) is 6.07 Å². The number of nitrogens with one attached hydrogen (secondary N) is 2. The summed E-state index contributed by atoms with van der Waals surface area (Å²) in [6.07, 6.45) is 4.65. The lowest BCUT2D eigenvalue weighted by atomic mass is 9.95. The number of hydrogen-bond acceptors (Lipinski definition) is 5. The molecule has 1 aromatic rings. The lowest BCUT2D eigenvalue weighted by molar-refractivity contribution is 0.0539. The summed E-state index contributed by atoms with van der Waals surface area (Å²) in [6.45, 7) is 3.81. The first-order valence-corrected chi connectivity index (χ1v) is 7.11. The fraction of sp³-hybridized carbons (Fsp3) is 0.714. The fourth-order valence-electron chi connectivity index (χ4n) is 2.52. The van der Waals surface area contributed by atoms with Crippen LogP contribution in [0.25, 0.3) is 0 Å². The third-order valence-corrected chi connectivity index (χ3v) is 3.81. The molecule has 1 saturated heterocycles. The SMILES string of the molecule is CNc1cc(NC2(C)CCCOC2)nc(C2CC2)n1. The summed E-state index contributed by atoms with van der Waals surface area (Å²) in [7, 11) is 1.90. The molecule has 0 radical (unpaired) electrons. The first-order valence-electron chi connectivity index (χ1n) is 7.11. The van der Waals surface area contributed by atoms with Gasteiger partial charge in [-0.3, -0.25) is 0 Å².